The lowest BCUT2D eigenvalue weighted by molar-refractivity contribution is -0.143. The van der Waals surface area contributed by atoms with Gasteiger partial charge in [-0.05, 0) is 24.8 Å². The zero-order valence-corrected chi connectivity index (χ0v) is 13.7. The Labute approximate surface area is 140 Å². The second-order valence-electron chi connectivity index (χ2n) is 6.26. The van der Waals surface area contributed by atoms with Gasteiger partial charge in [0.25, 0.3) is 0 Å². The number of nitrogens with zero attached hydrogens (tertiary/aromatic N) is 2. The summed E-state index contributed by atoms with van der Waals surface area (Å²) in [5.41, 5.74) is 1.53. The van der Waals surface area contributed by atoms with Gasteiger partial charge >= 0.3 is 17.8 Å². The number of urea groups is 1. The second-order valence-corrected chi connectivity index (χ2v) is 6.26. The molecule has 1 aromatic rings. The molecule has 0 unspecified atom stereocenters. The zero-order chi connectivity index (χ0) is 17.3. The summed E-state index contributed by atoms with van der Waals surface area (Å²) in [4.78, 5) is 50.8. The molecule has 3 rings (SSSR count). The van der Waals surface area contributed by atoms with Gasteiger partial charge in [-0.1, -0.05) is 44.0 Å². The van der Waals surface area contributed by atoms with Crippen LogP contribution in [0, 0.1) is 0 Å². The number of carbonyl (C=O) groups is 4. The van der Waals surface area contributed by atoms with Crippen LogP contribution in [0.5, 0.6) is 0 Å². The number of amides is 4. The third-order valence-corrected chi connectivity index (χ3v) is 4.76. The van der Waals surface area contributed by atoms with Crippen LogP contribution in [0.1, 0.15) is 48.5 Å². The molecule has 126 valence electrons. The summed E-state index contributed by atoms with van der Waals surface area (Å²) in [6.45, 7) is 1.62. The van der Waals surface area contributed by atoms with Gasteiger partial charge in [0.05, 0.1) is 6.54 Å². The zero-order valence-electron chi connectivity index (χ0n) is 13.7. The lowest BCUT2D eigenvalue weighted by Crippen LogP contribution is -2.41. The summed E-state index contributed by atoms with van der Waals surface area (Å²) >= 11 is 0. The van der Waals surface area contributed by atoms with Gasteiger partial charge in [0, 0.05) is 11.6 Å². The van der Waals surface area contributed by atoms with Crippen LogP contribution in [0.4, 0.5) is 4.79 Å². The number of hydrogen-bond donors (Lipinski definition) is 0. The van der Waals surface area contributed by atoms with Crippen molar-refractivity contribution in [1.29, 1.82) is 0 Å². The summed E-state index contributed by atoms with van der Waals surface area (Å²) in [6, 6.07) is 6.19. The normalized spacial score (nSPS) is 18.8. The number of aryl methyl sites for hydroxylation is 1. The number of ketones is 1. The molecule has 0 N–H and O–H groups in total. The molecule has 0 atom stereocenters. The smallest absolute Gasteiger partial charge is 0.292 e. The second kappa shape index (κ2) is 6.55. The quantitative estimate of drug-likeness (QED) is 0.472. The van der Waals surface area contributed by atoms with Gasteiger partial charge in [0.15, 0.2) is 5.78 Å². The van der Waals surface area contributed by atoms with Gasteiger partial charge in [-0.15, -0.1) is 0 Å². The molecule has 2 fully saturated rings. The number of imide groups is 2. The fourth-order valence-corrected chi connectivity index (χ4v) is 3.31. The average molecular weight is 328 g/mol. The van der Waals surface area contributed by atoms with E-state index >= 15 is 0 Å². The van der Waals surface area contributed by atoms with Crippen LogP contribution in [-0.2, 0) is 16.0 Å². The largest absolute Gasteiger partial charge is 0.334 e. The predicted octanol–water partition coefficient (Wildman–Crippen LogP) is 2.17. The number of benzene rings is 1. The molecule has 0 aromatic heterocycles. The van der Waals surface area contributed by atoms with Crippen molar-refractivity contribution in [3.05, 3.63) is 35.4 Å². The molecule has 1 saturated carbocycles. The first-order valence-corrected chi connectivity index (χ1v) is 8.34. The van der Waals surface area contributed by atoms with Crippen LogP contribution in [0.3, 0.4) is 0 Å². The van der Waals surface area contributed by atoms with Gasteiger partial charge in [0.2, 0.25) is 0 Å². The Balaban J connectivity index is 1.73. The molecular formula is C18H20N2O4. The van der Waals surface area contributed by atoms with E-state index in [1.807, 2.05) is 19.1 Å². The van der Waals surface area contributed by atoms with Gasteiger partial charge in [-0.2, -0.15) is 0 Å². The number of carbonyl (C=O) groups excluding carboxylic acids is 4. The molecule has 1 aliphatic heterocycles. The molecule has 4 amide bonds. The highest BCUT2D eigenvalue weighted by Gasteiger charge is 2.48. The molecule has 6 nitrogen and oxygen atoms in total. The van der Waals surface area contributed by atoms with Crippen molar-refractivity contribution in [1.82, 2.24) is 9.80 Å². The summed E-state index contributed by atoms with van der Waals surface area (Å²) < 4.78 is 0. The van der Waals surface area contributed by atoms with E-state index in [0.717, 1.165) is 47.5 Å². The summed E-state index contributed by atoms with van der Waals surface area (Å²) in [5, 5.41) is 0. The lowest BCUT2D eigenvalue weighted by Gasteiger charge is -2.20. The molecule has 1 heterocycles. The van der Waals surface area contributed by atoms with E-state index in [4.69, 9.17) is 0 Å². The molecule has 0 spiro atoms. The standard InChI is InChI=1S/C18H20N2O4/c1-2-12-7-9-13(10-8-12)15(21)11-19-16(22)17(23)20(18(19)24)14-5-3-4-6-14/h7-10,14H,2-6,11H2,1H3. The Bertz CT molecular complexity index is 689. The van der Waals surface area contributed by atoms with Crippen molar-refractivity contribution < 1.29 is 19.2 Å². The highest BCUT2D eigenvalue weighted by Crippen LogP contribution is 2.27. The maximum Gasteiger partial charge on any atom is 0.334 e. The molecular weight excluding hydrogens is 308 g/mol. The van der Waals surface area contributed by atoms with Crippen LogP contribution in [0.25, 0.3) is 0 Å². The Morgan fingerprint density at radius 1 is 1.04 bits per heavy atom. The Morgan fingerprint density at radius 3 is 2.25 bits per heavy atom. The number of rotatable bonds is 5. The van der Waals surface area contributed by atoms with Crippen molar-refractivity contribution in [3.63, 3.8) is 0 Å². The first kappa shape index (κ1) is 16.4. The Morgan fingerprint density at radius 2 is 1.67 bits per heavy atom. The van der Waals surface area contributed by atoms with Crippen LogP contribution < -0.4 is 0 Å². The fourth-order valence-electron chi connectivity index (χ4n) is 3.31. The maximum atomic E-state index is 12.4. The van der Waals surface area contributed by atoms with Crippen LogP contribution in [-0.4, -0.2) is 46.0 Å². The van der Waals surface area contributed by atoms with Gasteiger partial charge < -0.3 is 0 Å². The molecule has 0 bridgehead atoms. The van der Waals surface area contributed by atoms with E-state index in [1.165, 1.54) is 0 Å². The molecule has 24 heavy (non-hydrogen) atoms. The Hall–Kier alpha value is -2.50. The minimum Gasteiger partial charge on any atom is -0.292 e. The minimum atomic E-state index is -0.898. The van der Waals surface area contributed by atoms with Crippen molar-refractivity contribution in [2.75, 3.05) is 6.54 Å². The van der Waals surface area contributed by atoms with E-state index in [1.54, 1.807) is 12.1 Å². The summed E-state index contributed by atoms with van der Waals surface area (Å²) in [7, 11) is 0. The highest BCUT2D eigenvalue weighted by molar-refractivity contribution is 6.45. The van der Waals surface area contributed by atoms with Gasteiger partial charge in [-0.3, -0.25) is 19.3 Å². The molecule has 6 heteroatoms. The fraction of sp³-hybridized carbons (Fsp3) is 0.444. The van der Waals surface area contributed by atoms with Gasteiger partial charge in [-0.25, -0.2) is 9.69 Å². The maximum absolute atomic E-state index is 12.4. The van der Waals surface area contributed by atoms with E-state index in [2.05, 4.69) is 0 Å². The first-order valence-electron chi connectivity index (χ1n) is 8.34. The van der Waals surface area contributed by atoms with Crippen molar-refractivity contribution in [3.8, 4) is 0 Å². The van der Waals surface area contributed by atoms with Gasteiger partial charge in [0.1, 0.15) is 0 Å². The van der Waals surface area contributed by atoms with E-state index in [9.17, 15) is 19.2 Å². The average Bonchev–Trinajstić information content (AvgIpc) is 3.18. The topological polar surface area (TPSA) is 74.8 Å². The molecule has 1 aliphatic carbocycles. The first-order chi connectivity index (χ1) is 11.5. The van der Waals surface area contributed by atoms with Crippen LogP contribution in [0.15, 0.2) is 24.3 Å². The number of Topliss-reactive ketones (excluding diaryl/α,β-unsaturated/α-hetero) is 1. The highest BCUT2D eigenvalue weighted by atomic mass is 16.2. The van der Waals surface area contributed by atoms with Crippen LogP contribution >= 0.6 is 0 Å². The summed E-state index contributed by atoms with van der Waals surface area (Å²) in [6.07, 6.45) is 4.20. The monoisotopic (exact) mass is 328 g/mol. The molecule has 1 aromatic carbocycles. The van der Waals surface area contributed by atoms with E-state index in [-0.39, 0.29) is 11.8 Å². The Kier molecular flexibility index (Phi) is 4.46. The predicted molar refractivity (Wildman–Crippen MR) is 86.4 cm³/mol. The third kappa shape index (κ3) is 2.84. The van der Waals surface area contributed by atoms with Crippen LogP contribution in [0.2, 0.25) is 0 Å². The van der Waals surface area contributed by atoms with Crippen molar-refractivity contribution >= 4 is 23.6 Å². The van der Waals surface area contributed by atoms with Crippen molar-refractivity contribution in [2.24, 2.45) is 0 Å². The van der Waals surface area contributed by atoms with E-state index in [0.29, 0.717) is 5.56 Å². The summed E-state index contributed by atoms with van der Waals surface area (Å²) in [5.74, 6) is -2.05. The SMILES string of the molecule is CCc1ccc(C(=O)CN2C(=O)C(=O)N(C3CCCC3)C2=O)cc1. The number of hydrogen-bond acceptors (Lipinski definition) is 4. The molecule has 0 radical (unpaired) electrons. The molecule has 1 saturated heterocycles. The minimum absolute atomic E-state index is 0.210. The van der Waals surface area contributed by atoms with E-state index < -0.39 is 24.4 Å². The van der Waals surface area contributed by atoms with Crippen molar-refractivity contribution in [2.45, 2.75) is 45.1 Å². The molecule has 2 aliphatic rings. The lowest BCUT2D eigenvalue weighted by atomic mass is 10.1. The third-order valence-electron chi connectivity index (χ3n) is 4.76.